The molecule has 1 saturated carbocycles. The van der Waals surface area contributed by atoms with E-state index < -0.39 is 0 Å². The van der Waals surface area contributed by atoms with Crippen LogP contribution >= 0.6 is 0 Å². The Bertz CT molecular complexity index is 439. The van der Waals surface area contributed by atoms with Gasteiger partial charge in [0.15, 0.2) is 0 Å². The number of benzene rings is 1. The highest BCUT2D eigenvalue weighted by Gasteiger charge is 2.20. The van der Waals surface area contributed by atoms with E-state index in [0.717, 1.165) is 24.0 Å². The summed E-state index contributed by atoms with van der Waals surface area (Å²) in [6.07, 6.45) is 8.77. The molecule has 1 aliphatic carbocycles. The maximum Gasteiger partial charge on any atom is 0.126 e. The molecule has 0 nitrogen and oxygen atoms in total. The summed E-state index contributed by atoms with van der Waals surface area (Å²) in [5.74, 6) is 1.33. The van der Waals surface area contributed by atoms with Crippen LogP contribution in [0.2, 0.25) is 0 Å². The van der Waals surface area contributed by atoms with Crippen molar-refractivity contribution in [2.75, 3.05) is 0 Å². The van der Waals surface area contributed by atoms with Crippen molar-refractivity contribution in [3.8, 4) is 0 Å². The van der Waals surface area contributed by atoms with E-state index >= 15 is 0 Å². The first kappa shape index (κ1) is 14.3. The first-order valence-corrected chi connectivity index (χ1v) is 7.54. The van der Waals surface area contributed by atoms with Gasteiger partial charge in [-0.3, -0.25) is 0 Å². The monoisotopic (exact) mass is 260 g/mol. The Morgan fingerprint density at radius 3 is 2.47 bits per heavy atom. The third kappa shape index (κ3) is 3.46. The molecular weight excluding hydrogens is 235 g/mol. The molecule has 0 aliphatic heterocycles. The Kier molecular flexibility index (Phi) is 4.79. The van der Waals surface area contributed by atoms with E-state index in [-0.39, 0.29) is 5.82 Å². The zero-order valence-corrected chi connectivity index (χ0v) is 12.2. The van der Waals surface area contributed by atoms with Gasteiger partial charge in [-0.1, -0.05) is 19.1 Å². The maximum atomic E-state index is 14.1. The summed E-state index contributed by atoms with van der Waals surface area (Å²) in [4.78, 5) is 0. The number of halogens is 1. The summed E-state index contributed by atoms with van der Waals surface area (Å²) >= 11 is 0. The summed E-state index contributed by atoms with van der Waals surface area (Å²) in [6.45, 7) is 8.05. The van der Waals surface area contributed by atoms with Crippen molar-refractivity contribution in [3.63, 3.8) is 0 Å². The van der Waals surface area contributed by atoms with Gasteiger partial charge in [-0.2, -0.15) is 0 Å². The molecule has 0 saturated heterocycles. The van der Waals surface area contributed by atoms with Crippen LogP contribution in [0.3, 0.4) is 0 Å². The van der Waals surface area contributed by atoms with E-state index in [2.05, 4.69) is 32.6 Å². The van der Waals surface area contributed by atoms with Gasteiger partial charge in [0.1, 0.15) is 5.82 Å². The van der Waals surface area contributed by atoms with Crippen LogP contribution in [0.1, 0.15) is 49.3 Å². The van der Waals surface area contributed by atoms with Crippen LogP contribution in [0, 0.1) is 24.6 Å². The first-order valence-electron chi connectivity index (χ1n) is 7.54. The molecule has 1 aromatic rings. The zero-order valence-electron chi connectivity index (χ0n) is 12.2. The lowest BCUT2D eigenvalue weighted by Gasteiger charge is -2.27. The van der Waals surface area contributed by atoms with Gasteiger partial charge >= 0.3 is 0 Å². The van der Waals surface area contributed by atoms with E-state index in [4.69, 9.17) is 0 Å². The average Bonchev–Trinajstić information content (AvgIpc) is 2.43. The van der Waals surface area contributed by atoms with Crippen molar-refractivity contribution in [3.05, 3.63) is 47.3 Å². The fraction of sp³-hybridized carbons (Fsp3) is 0.556. The Morgan fingerprint density at radius 2 is 1.89 bits per heavy atom. The molecule has 1 fully saturated rings. The molecule has 0 spiro atoms. The third-order valence-corrected chi connectivity index (χ3v) is 4.62. The minimum Gasteiger partial charge on any atom is -0.207 e. The Morgan fingerprint density at radius 1 is 1.21 bits per heavy atom. The molecule has 0 unspecified atom stereocenters. The zero-order chi connectivity index (χ0) is 13.8. The van der Waals surface area contributed by atoms with Crippen LogP contribution in [0.5, 0.6) is 0 Å². The van der Waals surface area contributed by atoms with Gasteiger partial charge in [0.25, 0.3) is 0 Å². The molecule has 1 aromatic carbocycles. The van der Waals surface area contributed by atoms with Crippen LogP contribution in [0.15, 0.2) is 24.8 Å². The van der Waals surface area contributed by atoms with Gasteiger partial charge in [-0.05, 0) is 80.0 Å². The molecule has 0 amide bonds. The lowest BCUT2D eigenvalue weighted by molar-refractivity contribution is 0.307. The van der Waals surface area contributed by atoms with Crippen LogP contribution < -0.4 is 0 Å². The standard InChI is InChI=1S/C18H25F/c1-4-14-6-8-15(9-7-14)11-17-10-13(3)16(5-2)12-18(17)19/h4,10,12,14-15H,1,5-9,11H2,2-3H3. The lowest BCUT2D eigenvalue weighted by atomic mass is 9.79. The topological polar surface area (TPSA) is 0 Å². The quantitative estimate of drug-likeness (QED) is 0.650. The minimum absolute atomic E-state index is 0.00621. The number of hydrogen-bond acceptors (Lipinski definition) is 0. The van der Waals surface area contributed by atoms with Crippen molar-refractivity contribution in [2.24, 2.45) is 11.8 Å². The van der Waals surface area contributed by atoms with Gasteiger partial charge in [0.2, 0.25) is 0 Å². The molecule has 0 bridgehead atoms. The van der Waals surface area contributed by atoms with Gasteiger partial charge < -0.3 is 0 Å². The highest BCUT2D eigenvalue weighted by molar-refractivity contribution is 5.32. The smallest absolute Gasteiger partial charge is 0.126 e. The third-order valence-electron chi connectivity index (χ3n) is 4.62. The molecule has 2 rings (SSSR count). The highest BCUT2D eigenvalue weighted by Crippen LogP contribution is 2.32. The molecule has 0 heterocycles. The molecule has 104 valence electrons. The Hall–Kier alpha value is -1.11. The Balaban J connectivity index is 2.03. The van der Waals surface area contributed by atoms with Crippen molar-refractivity contribution in [1.82, 2.24) is 0 Å². The molecule has 19 heavy (non-hydrogen) atoms. The average molecular weight is 260 g/mol. The summed E-state index contributed by atoms with van der Waals surface area (Å²) in [7, 11) is 0. The molecular formula is C18H25F. The van der Waals surface area contributed by atoms with Gasteiger partial charge in [0.05, 0.1) is 0 Å². The Labute approximate surface area is 116 Å². The molecule has 0 radical (unpaired) electrons. The summed E-state index contributed by atoms with van der Waals surface area (Å²) in [5, 5.41) is 0. The van der Waals surface area contributed by atoms with Crippen LogP contribution in [-0.2, 0) is 12.8 Å². The normalized spacial score (nSPS) is 23.3. The largest absolute Gasteiger partial charge is 0.207 e. The van der Waals surface area contributed by atoms with E-state index in [1.807, 2.05) is 0 Å². The predicted molar refractivity (Wildman–Crippen MR) is 79.9 cm³/mol. The van der Waals surface area contributed by atoms with Crippen LogP contribution in [-0.4, -0.2) is 0 Å². The van der Waals surface area contributed by atoms with Crippen molar-refractivity contribution >= 4 is 0 Å². The number of rotatable bonds is 4. The van der Waals surface area contributed by atoms with Crippen LogP contribution in [0.4, 0.5) is 4.39 Å². The highest BCUT2D eigenvalue weighted by atomic mass is 19.1. The summed E-state index contributed by atoms with van der Waals surface area (Å²) in [6, 6.07) is 3.80. The second-order valence-corrected chi connectivity index (χ2v) is 5.94. The predicted octanol–water partition coefficient (Wildman–Crippen LogP) is 5.23. The SMILES string of the molecule is C=CC1CCC(Cc2cc(C)c(CC)cc2F)CC1. The molecule has 1 heteroatoms. The molecule has 0 aromatic heterocycles. The van der Waals surface area contributed by atoms with Crippen molar-refractivity contribution < 1.29 is 4.39 Å². The maximum absolute atomic E-state index is 14.1. The molecule has 0 atom stereocenters. The number of hydrogen-bond donors (Lipinski definition) is 0. The second kappa shape index (κ2) is 6.36. The van der Waals surface area contributed by atoms with Gasteiger partial charge in [-0.15, -0.1) is 6.58 Å². The number of allylic oxidation sites excluding steroid dienone is 1. The number of aryl methyl sites for hydroxylation is 2. The van der Waals surface area contributed by atoms with Gasteiger partial charge in [-0.25, -0.2) is 4.39 Å². The van der Waals surface area contributed by atoms with E-state index in [0.29, 0.717) is 11.8 Å². The second-order valence-electron chi connectivity index (χ2n) is 5.94. The van der Waals surface area contributed by atoms with Crippen molar-refractivity contribution in [2.45, 2.75) is 52.4 Å². The molecule has 0 N–H and O–H groups in total. The fourth-order valence-corrected chi connectivity index (χ4v) is 3.26. The molecule has 1 aliphatic rings. The van der Waals surface area contributed by atoms with E-state index in [9.17, 15) is 4.39 Å². The first-order chi connectivity index (χ1) is 9.13. The van der Waals surface area contributed by atoms with Crippen molar-refractivity contribution in [1.29, 1.82) is 0 Å². The fourth-order valence-electron chi connectivity index (χ4n) is 3.26. The summed E-state index contributed by atoms with van der Waals surface area (Å²) < 4.78 is 14.1. The van der Waals surface area contributed by atoms with Gasteiger partial charge in [0, 0.05) is 0 Å². The minimum atomic E-state index is -0.00621. The summed E-state index contributed by atoms with van der Waals surface area (Å²) in [5.41, 5.74) is 3.28. The van der Waals surface area contributed by atoms with E-state index in [1.54, 1.807) is 6.07 Å². The lowest BCUT2D eigenvalue weighted by Crippen LogP contribution is -2.15. The van der Waals surface area contributed by atoms with Crippen LogP contribution in [0.25, 0.3) is 0 Å². The van der Waals surface area contributed by atoms with E-state index in [1.165, 1.54) is 31.2 Å².